The minimum atomic E-state index is -0.749. The largest absolute Gasteiger partial charge is 0.305 e. The second kappa shape index (κ2) is 5.24. The maximum Gasteiger partial charge on any atom is 0.275 e. The van der Waals surface area contributed by atoms with Crippen molar-refractivity contribution in [2.24, 2.45) is 0 Å². The van der Waals surface area contributed by atoms with Gasteiger partial charge in [0.2, 0.25) is 11.2 Å². The first-order valence-electron chi connectivity index (χ1n) is 4.68. The molecule has 0 saturated heterocycles. The van der Waals surface area contributed by atoms with Gasteiger partial charge in [0.05, 0.1) is 0 Å². The van der Waals surface area contributed by atoms with E-state index in [0.717, 1.165) is 6.07 Å². The van der Waals surface area contributed by atoms with Crippen LogP contribution < -0.4 is 5.32 Å². The highest BCUT2D eigenvalue weighted by Gasteiger charge is 2.10. The fourth-order valence-electron chi connectivity index (χ4n) is 1.17. The molecule has 18 heavy (non-hydrogen) atoms. The third kappa shape index (κ3) is 3.12. The Hall–Kier alpha value is -1.79. The Morgan fingerprint density at radius 2 is 2.00 bits per heavy atom. The van der Waals surface area contributed by atoms with Gasteiger partial charge in [0.1, 0.15) is 16.7 Å². The average molecular weight is 287 g/mol. The lowest BCUT2D eigenvalue weighted by molar-refractivity contribution is 0.102. The van der Waals surface area contributed by atoms with Crippen molar-refractivity contribution in [3.05, 3.63) is 46.3 Å². The zero-order valence-corrected chi connectivity index (χ0v) is 10.2. The summed E-state index contributed by atoms with van der Waals surface area (Å²) in [4.78, 5) is 22.5. The molecule has 2 heterocycles. The molecule has 1 N–H and O–H groups in total. The third-order valence-corrected chi connectivity index (χ3v) is 2.22. The number of carbonyl (C=O) groups excluding carboxylic acids is 1. The number of amides is 1. The van der Waals surface area contributed by atoms with Gasteiger partial charge >= 0.3 is 0 Å². The van der Waals surface area contributed by atoms with Crippen LogP contribution in [0.2, 0.25) is 10.4 Å². The standard InChI is InChI=1S/C10H5Cl2FN4O/c11-6-4-8(17-10(12)15-6)16-9(18)5-2-1-3-7(13)14-5/h1-4H,(H,15,16,17,18). The summed E-state index contributed by atoms with van der Waals surface area (Å²) in [5.41, 5.74) is -0.0825. The Labute approximate surface area is 111 Å². The van der Waals surface area contributed by atoms with E-state index in [2.05, 4.69) is 20.3 Å². The highest BCUT2D eigenvalue weighted by atomic mass is 35.5. The van der Waals surface area contributed by atoms with Gasteiger partial charge in [0, 0.05) is 6.07 Å². The molecule has 2 aromatic rings. The molecule has 92 valence electrons. The molecule has 2 aromatic heterocycles. The molecule has 0 fully saturated rings. The monoisotopic (exact) mass is 286 g/mol. The van der Waals surface area contributed by atoms with E-state index in [-0.39, 0.29) is 21.9 Å². The van der Waals surface area contributed by atoms with E-state index in [4.69, 9.17) is 23.2 Å². The van der Waals surface area contributed by atoms with Gasteiger partial charge < -0.3 is 5.32 Å². The van der Waals surface area contributed by atoms with E-state index in [1.807, 2.05) is 0 Å². The summed E-state index contributed by atoms with van der Waals surface area (Å²) < 4.78 is 12.8. The van der Waals surface area contributed by atoms with Crippen LogP contribution in [0, 0.1) is 5.95 Å². The van der Waals surface area contributed by atoms with Crippen LogP contribution in [-0.4, -0.2) is 20.9 Å². The lowest BCUT2D eigenvalue weighted by Gasteiger charge is -2.04. The number of aromatic nitrogens is 3. The van der Waals surface area contributed by atoms with E-state index in [9.17, 15) is 9.18 Å². The summed E-state index contributed by atoms with van der Waals surface area (Å²) in [5, 5.41) is 2.35. The third-order valence-electron chi connectivity index (χ3n) is 1.86. The first kappa shape index (κ1) is 12.7. The van der Waals surface area contributed by atoms with Gasteiger partial charge in [-0.2, -0.15) is 4.39 Å². The van der Waals surface area contributed by atoms with Crippen molar-refractivity contribution in [1.29, 1.82) is 0 Å². The number of nitrogens with zero attached hydrogens (tertiary/aromatic N) is 3. The molecule has 0 spiro atoms. The van der Waals surface area contributed by atoms with Crippen LogP contribution in [0.15, 0.2) is 24.3 Å². The van der Waals surface area contributed by atoms with E-state index in [0.29, 0.717) is 0 Å². The fraction of sp³-hybridized carbons (Fsp3) is 0. The molecule has 0 aliphatic rings. The van der Waals surface area contributed by atoms with Gasteiger partial charge in [-0.3, -0.25) is 4.79 Å². The Morgan fingerprint density at radius 3 is 2.67 bits per heavy atom. The van der Waals surface area contributed by atoms with E-state index >= 15 is 0 Å². The number of rotatable bonds is 2. The molecule has 0 aliphatic heterocycles. The quantitative estimate of drug-likeness (QED) is 0.523. The summed E-state index contributed by atoms with van der Waals surface area (Å²) >= 11 is 11.2. The smallest absolute Gasteiger partial charge is 0.275 e. The van der Waals surface area contributed by atoms with Crippen molar-refractivity contribution < 1.29 is 9.18 Å². The number of carbonyl (C=O) groups is 1. The first-order valence-corrected chi connectivity index (χ1v) is 5.44. The van der Waals surface area contributed by atoms with Crippen LogP contribution in [0.1, 0.15) is 10.5 Å². The predicted molar refractivity (Wildman–Crippen MR) is 64.2 cm³/mol. The lowest BCUT2D eigenvalue weighted by atomic mass is 10.3. The molecule has 5 nitrogen and oxygen atoms in total. The van der Waals surface area contributed by atoms with Crippen LogP contribution in [0.25, 0.3) is 0 Å². The van der Waals surface area contributed by atoms with Crippen molar-refractivity contribution in [1.82, 2.24) is 15.0 Å². The van der Waals surface area contributed by atoms with Gasteiger partial charge in [0.15, 0.2) is 0 Å². The van der Waals surface area contributed by atoms with Crippen molar-refractivity contribution in [3.63, 3.8) is 0 Å². The maximum atomic E-state index is 12.8. The van der Waals surface area contributed by atoms with Crippen LogP contribution in [0.3, 0.4) is 0 Å². The molecule has 8 heteroatoms. The van der Waals surface area contributed by atoms with E-state index in [1.54, 1.807) is 0 Å². The van der Waals surface area contributed by atoms with Gasteiger partial charge in [-0.25, -0.2) is 15.0 Å². The van der Waals surface area contributed by atoms with Crippen molar-refractivity contribution in [2.75, 3.05) is 5.32 Å². The van der Waals surface area contributed by atoms with E-state index < -0.39 is 11.9 Å². The summed E-state index contributed by atoms with van der Waals surface area (Å²) in [6.07, 6.45) is 0. The Kier molecular flexibility index (Phi) is 3.69. The molecule has 0 saturated carbocycles. The molecule has 0 unspecified atom stereocenters. The van der Waals surface area contributed by atoms with Gasteiger partial charge in [0.25, 0.3) is 5.91 Å². The number of nitrogens with one attached hydrogen (secondary N) is 1. The number of halogens is 3. The summed E-state index contributed by atoms with van der Waals surface area (Å²) in [5.74, 6) is -1.27. The second-order valence-electron chi connectivity index (χ2n) is 3.14. The predicted octanol–water partition coefficient (Wildman–Crippen LogP) is 2.57. The molecule has 0 aliphatic carbocycles. The summed E-state index contributed by atoms with van der Waals surface area (Å²) in [6, 6.07) is 5.18. The molecular formula is C10H5Cl2FN4O. The number of hydrogen-bond donors (Lipinski definition) is 1. The zero-order valence-electron chi connectivity index (χ0n) is 8.69. The molecule has 0 radical (unpaired) electrons. The first-order chi connectivity index (χ1) is 8.54. The van der Waals surface area contributed by atoms with Crippen molar-refractivity contribution in [2.45, 2.75) is 0 Å². The zero-order chi connectivity index (χ0) is 13.1. The topological polar surface area (TPSA) is 67.8 Å². The number of hydrogen-bond acceptors (Lipinski definition) is 4. The summed E-state index contributed by atoms with van der Waals surface area (Å²) in [7, 11) is 0. The Morgan fingerprint density at radius 1 is 1.22 bits per heavy atom. The summed E-state index contributed by atoms with van der Waals surface area (Å²) in [6.45, 7) is 0. The minimum absolute atomic E-state index is 0.0810. The Balaban J connectivity index is 2.21. The van der Waals surface area contributed by atoms with Crippen molar-refractivity contribution in [3.8, 4) is 0 Å². The van der Waals surface area contributed by atoms with Crippen LogP contribution in [0.5, 0.6) is 0 Å². The minimum Gasteiger partial charge on any atom is -0.305 e. The highest BCUT2D eigenvalue weighted by molar-refractivity contribution is 6.32. The normalized spacial score (nSPS) is 10.2. The number of anilines is 1. The molecule has 0 aromatic carbocycles. The molecule has 1 amide bonds. The lowest BCUT2D eigenvalue weighted by Crippen LogP contribution is -2.15. The fourth-order valence-corrected chi connectivity index (χ4v) is 1.58. The molecule has 0 atom stereocenters. The Bertz CT molecular complexity index is 588. The van der Waals surface area contributed by atoms with Crippen LogP contribution in [-0.2, 0) is 0 Å². The molecule has 2 rings (SSSR count). The number of pyridine rings is 1. The van der Waals surface area contributed by atoms with Gasteiger partial charge in [-0.05, 0) is 23.7 Å². The van der Waals surface area contributed by atoms with Crippen LogP contribution in [0.4, 0.5) is 10.2 Å². The van der Waals surface area contributed by atoms with Gasteiger partial charge in [-0.1, -0.05) is 17.7 Å². The van der Waals surface area contributed by atoms with Crippen LogP contribution >= 0.6 is 23.2 Å². The molecule has 0 bridgehead atoms. The van der Waals surface area contributed by atoms with Gasteiger partial charge in [-0.15, -0.1) is 0 Å². The van der Waals surface area contributed by atoms with Crippen molar-refractivity contribution >= 4 is 34.9 Å². The second-order valence-corrected chi connectivity index (χ2v) is 3.87. The maximum absolute atomic E-state index is 12.8. The highest BCUT2D eigenvalue weighted by Crippen LogP contribution is 2.14. The average Bonchev–Trinajstić information content (AvgIpc) is 2.27. The van der Waals surface area contributed by atoms with E-state index in [1.165, 1.54) is 18.2 Å². The SMILES string of the molecule is O=C(Nc1cc(Cl)nc(Cl)n1)c1cccc(F)n1. The molecular weight excluding hydrogens is 282 g/mol.